The van der Waals surface area contributed by atoms with Crippen LogP contribution < -0.4 is 4.74 Å². The van der Waals surface area contributed by atoms with Crippen LogP contribution in [0.25, 0.3) is 6.08 Å². The average Bonchev–Trinajstić information content (AvgIpc) is 2.58. The Bertz CT molecular complexity index is 798. The third-order valence-electron chi connectivity index (χ3n) is 4.59. The topological polar surface area (TPSA) is 46.5 Å². The summed E-state index contributed by atoms with van der Waals surface area (Å²) in [5, 5.41) is 9.61. The zero-order valence-corrected chi connectivity index (χ0v) is 15.0. The maximum atomic E-state index is 11.7. The number of ether oxygens (including phenoxy) is 1. The molecular weight excluding hydrogens is 312 g/mol. The van der Waals surface area contributed by atoms with Crippen molar-refractivity contribution in [2.24, 2.45) is 0 Å². The van der Waals surface area contributed by atoms with Crippen molar-refractivity contribution < 1.29 is 14.6 Å². The number of benzene rings is 2. The van der Waals surface area contributed by atoms with Crippen LogP contribution in [0.5, 0.6) is 5.75 Å². The average molecular weight is 336 g/mol. The molecule has 1 aliphatic heterocycles. The normalized spacial score (nSPS) is 16.6. The van der Waals surface area contributed by atoms with Crippen LogP contribution in [0.1, 0.15) is 43.9 Å². The van der Waals surface area contributed by atoms with Gasteiger partial charge in [-0.2, -0.15) is 0 Å². The summed E-state index contributed by atoms with van der Waals surface area (Å²) in [4.78, 5) is 11.7. The first-order valence-electron chi connectivity index (χ1n) is 8.64. The zero-order valence-electron chi connectivity index (χ0n) is 15.0. The van der Waals surface area contributed by atoms with Crippen molar-refractivity contribution in [3.05, 3.63) is 70.8 Å². The first kappa shape index (κ1) is 17.3. The lowest BCUT2D eigenvalue weighted by Crippen LogP contribution is -2.28. The Morgan fingerprint density at radius 1 is 1.12 bits per heavy atom. The number of carboxylic acids is 1. The summed E-state index contributed by atoms with van der Waals surface area (Å²) >= 11 is 0. The van der Waals surface area contributed by atoms with E-state index >= 15 is 0 Å². The van der Waals surface area contributed by atoms with E-state index in [1.807, 2.05) is 30.3 Å². The summed E-state index contributed by atoms with van der Waals surface area (Å²) in [6, 6.07) is 16.1. The predicted molar refractivity (Wildman–Crippen MR) is 99.9 cm³/mol. The molecule has 1 aliphatic rings. The fourth-order valence-electron chi connectivity index (χ4n) is 3.07. The number of hydrogen-bond donors (Lipinski definition) is 1. The summed E-state index contributed by atoms with van der Waals surface area (Å²) in [6.07, 6.45) is 2.77. The minimum absolute atomic E-state index is 0.0103. The molecule has 130 valence electrons. The van der Waals surface area contributed by atoms with Crippen molar-refractivity contribution in [1.82, 2.24) is 0 Å². The van der Waals surface area contributed by atoms with Gasteiger partial charge in [0.1, 0.15) is 11.9 Å². The van der Waals surface area contributed by atoms with E-state index in [1.165, 1.54) is 11.1 Å². The number of carboxylic acid groups (broad SMARTS) is 1. The van der Waals surface area contributed by atoms with Gasteiger partial charge in [0.05, 0.1) is 5.57 Å². The second-order valence-corrected chi connectivity index (χ2v) is 7.54. The summed E-state index contributed by atoms with van der Waals surface area (Å²) in [6.45, 7) is 6.43. The Morgan fingerprint density at radius 2 is 1.84 bits per heavy atom. The van der Waals surface area contributed by atoms with E-state index in [9.17, 15) is 9.90 Å². The first-order chi connectivity index (χ1) is 11.8. The lowest BCUT2D eigenvalue weighted by Gasteiger charge is -2.27. The molecule has 25 heavy (non-hydrogen) atoms. The molecule has 3 heteroatoms. The molecule has 0 saturated carbocycles. The van der Waals surface area contributed by atoms with Crippen LogP contribution in [0.15, 0.2) is 54.1 Å². The largest absolute Gasteiger partial charge is 0.485 e. The Hall–Kier alpha value is -2.55. The molecule has 0 spiro atoms. The van der Waals surface area contributed by atoms with Crippen molar-refractivity contribution in [2.45, 2.75) is 45.1 Å². The van der Waals surface area contributed by atoms with Crippen LogP contribution >= 0.6 is 0 Å². The molecule has 0 bridgehead atoms. The van der Waals surface area contributed by atoms with Crippen LogP contribution in [0, 0.1) is 0 Å². The van der Waals surface area contributed by atoms with Gasteiger partial charge in [-0.1, -0.05) is 57.2 Å². The van der Waals surface area contributed by atoms with Gasteiger partial charge < -0.3 is 9.84 Å². The van der Waals surface area contributed by atoms with Gasteiger partial charge in [0, 0.05) is 5.56 Å². The maximum absolute atomic E-state index is 11.7. The van der Waals surface area contributed by atoms with Crippen LogP contribution in [-0.4, -0.2) is 17.2 Å². The van der Waals surface area contributed by atoms with Gasteiger partial charge in [-0.15, -0.1) is 0 Å². The van der Waals surface area contributed by atoms with Crippen LogP contribution in [0.2, 0.25) is 0 Å². The molecule has 0 aromatic heterocycles. The number of fused-ring (bicyclic) bond motifs is 1. The Labute approximate surface area is 149 Å². The highest BCUT2D eigenvalue weighted by atomic mass is 16.5. The third kappa shape index (κ3) is 3.93. The lowest BCUT2D eigenvalue weighted by atomic mass is 9.85. The van der Waals surface area contributed by atoms with Crippen LogP contribution in [-0.2, 0) is 16.6 Å². The van der Waals surface area contributed by atoms with Crippen molar-refractivity contribution in [3.8, 4) is 5.75 Å². The molecule has 1 N–H and O–H groups in total. The quantitative estimate of drug-likeness (QED) is 0.868. The molecule has 1 atom stereocenters. The van der Waals surface area contributed by atoms with E-state index < -0.39 is 12.1 Å². The molecule has 3 nitrogen and oxygen atoms in total. The second-order valence-electron chi connectivity index (χ2n) is 7.54. The highest BCUT2D eigenvalue weighted by Gasteiger charge is 2.28. The van der Waals surface area contributed by atoms with E-state index in [0.29, 0.717) is 12.0 Å². The summed E-state index contributed by atoms with van der Waals surface area (Å²) < 4.78 is 6.05. The van der Waals surface area contributed by atoms with E-state index in [2.05, 4.69) is 39.0 Å². The number of aryl methyl sites for hydroxylation is 1. The van der Waals surface area contributed by atoms with Gasteiger partial charge >= 0.3 is 5.97 Å². The minimum Gasteiger partial charge on any atom is -0.485 e. The van der Waals surface area contributed by atoms with Gasteiger partial charge in [0.2, 0.25) is 0 Å². The van der Waals surface area contributed by atoms with E-state index in [1.54, 1.807) is 6.08 Å². The van der Waals surface area contributed by atoms with Crippen molar-refractivity contribution in [2.75, 3.05) is 0 Å². The molecule has 3 rings (SSSR count). The van der Waals surface area contributed by atoms with E-state index in [4.69, 9.17) is 4.74 Å². The van der Waals surface area contributed by atoms with Gasteiger partial charge in [0.25, 0.3) is 0 Å². The van der Waals surface area contributed by atoms with Crippen LogP contribution in [0.4, 0.5) is 0 Å². The molecule has 2 aromatic carbocycles. The second kappa shape index (κ2) is 6.75. The Kier molecular flexibility index (Phi) is 4.67. The van der Waals surface area contributed by atoms with Gasteiger partial charge in [-0.05, 0) is 47.6 Å². The maximum Gasteiger partial charge on any atom is 0.335 e. The molecule has 0 radical (unpaired) electrons. The molecule has 0 saturated heterocycles. The van der Waals surface area contributed by atoms with Gasteiger partial charge in [-0.3, -0.25) is 0 Å². The van der Waals surface area contributed by atoms with E-state index in [0.717, 1.165) is 17.7 Å². The molecule has 0 aliphatic carbocycles. The van der Waals surface area contributed by atoms with Gasteiger partial charge in [-0.25, -0.2) is 4.79 Å². The van der Waals surface area contributed by atoms with E-state index in [-0.39, 0.29) is 5.41 Å². The summed E-state index contributed by atoms with van der Waals surface area (Å²) in [5.74, 6) is -0.152. The fourth-order valence-corrected chi connectivity index (χ4v) is 3.07. The van der Waals surface area contributed by atoms with Crippen LogP contribution in [0.3, 0.4) is 0 Å². The summed E-state index contributed by atoms with van der Waals surface area (Å²) in [7, 11) is 0. The smallest absolute Gasteiger partial charge is 0.335 e. The van der Waals surface area contributed by atoms with Crippen molar-refractivity contribution >= 4 is 12.0 Å². The highest BCUT2D eigenvalue weighted by Crippen LogP contribution is 2.35. The molecule has 1 heterocycles. The Morgan fingerprint density at radius 3 is 2.48 bits per heavy atom. The first-order valence-corrected chi connectivity index (χ1v) is 8.64. The third-order valence-corrected chi connectivity index (χ3v) is 4.59. The molecular formula is C22H24O3. The number of rotatable bonds is 4. The number of aliphatic carboxylic acids is 1. The molecule has 0 amide bonds. The molecule has 1 unspecified atom stereocenters. The van der Waals surface area contributed by atoms with Crippen molar-refractivity contribution in [1.29, 1.82) is 0 Å². The minimum atomic E-state index is -0.912. The van der Waals surface area contributed by atoms with Gasteiger partial charge in [0.15, 0.2) is 0 Å². The number of hydrogen-bond acceptors (Lipinski definition) is 2. The highest BCUT2D eigenvalue weighted by molar-refractivity contribution is 5.94. The Balaban J connectivity index is 1.86. The monoisotopic (exact) mass is 336 g/mol. The van der Waals surface area contributed by atoms with Crippen molar-refractivity contribution in [3.63, 3.8) is 0 Å². The fraction of sp³-hybridized carbons (Fsp3) is 0.318. The molecule has 2 aromatic rings. The zero-order chi connectivity index (χ0) is 18.0. The number of carbonyl (C=O) groups is 1. The summed E-state index contributed by atoms with van der Waals surface area (Å²) in [5.41, 5.74) is 3.54. The standard InChI is InChI=1S/C22H24O3/c1-22(2,3)17-10-12-19-16(13-17)14-18(21(23)24)20(25-19)11-9-15-7-5-4-6-8-15/h4-8,10,12-14,20H,9,11H2,1-3H3,(H,23,24). The lowest BCUT2D eigenvalue weighted by molar-refractivity contribution is -0.133. The molecule has 0 fully saturated rings. The SMILES string of the molecule is CC(C)(C)c1ccc2c(c1)C=C(C(=O)O)C(CCc1ccccc1)O2. The predicted octanol–water partition coefficient (Wildman–Crippen LogP) is 4.85.